The molecule has 0 aromatic carbocycles. The smallest absolute Gasteiger partial charge is 0.304 e. The summed E-state index contributed by atoms with van der Waals surface area (Å²) >= 11 is 0. The van der Waals surface area contributed by atoms with E-state index in [1.54, 1.807) is 0 Å². The summed E-state index contributed by atoms with van der Waals surface area (Å²) in [6.07, 6.45) is 1.17. The van der Waals surface area contributed by atoms with Crippen LogP contribution >= 0.6 is 0 Å². The van der Waals surface area contributed by atoms with Crippen molar-refractivity contribution in [2.45, 2.75) is 46.6 Å². The van der Waals surface area contributed by atoms with E-state index in [9.17, 15) is 4.79 Å². The Morgan fingerprint density at radius 2 is 2.00 bits per heavy atom. The summed E-state index contributed by atoms with van der Waals surface area (Å²) in [7, 11) is 0. The van der Waals surface area contributed by atoms with Crippen LogP contribution in [0.5, 0.6) is 0 Å². The Labute approximate surface area is 98.6 Å². The molecule has 0 aliphatic rings. The summed E-state index contributed by atoms with van der Waals surface area (Å²) in [6.45, 7) is 10.3. The summed E-state index contributed by atoms with van der Waals surface area (Å²) in [6, 6.07) is -0.299. The first kappa shape index (κ1) is 15.4. The molecule has 0 aromatic heterocycles. The Morgan fingerprint density at radius 1 is 1.44 bits per heavy atom. The van der Waals surface area contributed by atoms with Crippen molar-refractivity contribution in [1.29, 1.82) is 0 Å². The first-order chi connectivity index (χ1) is 7.23. The predicted octanol–water partition coefficient (Wildman–Crippen LogP) is 1.45. The summed E-state index contributed by atoms with van der Waals surface area (Å²) in [4.78, 5) is 10.4. The highest BCUT2D eigenvalue weighted by Crippen LogP contribution is 2.23. The van der Waals surface area contributed by atoms with E-state index in [2.05, 4.69) is 33.0 Å². The van der Waals surface area contributed by atoms with Crippen LogP contribution in [0.4, 0.5) is 0 Å². The largest absolute Gasteiger partial charge is 0.481 e. The van der Waals surface area contributed by atoms with E-state index in [1.165, 1.54) is 0 Å². The van der Waals surface area contributed by atoms with E-state index in [1.807, 2.05) is 0 Å². The average Bonchev–Trinajstić information content (AvgIpc) is 1.98. The van der Waals surface area contributed by atoms with Gasteiger partial charge in [0.1, 0.15) is 0 Å². The van der Waals surface area contributed by atoms with Gasteiger partial charge in [-0.2, -0.15) is 0 Å². The van der Waals surface area contributed by atoms with Crippen LogP contribution in [0.15, 0.2) is 0 Å². The van der Waals surface area contributed by atoms with Crippen molar-refractivity contribution in [2.24, 2.45) is 17.1 Å². The molecule has 4 heteroatoms. The van der Waals surface area contributed by atoms with Gasteiger partial charge < -0.3 is 16.2 Å². The van der Waals surface area contributed by atoms with Crippen molar-refractivity contribution in [3.05, 3.63) is 0 Å². The summed E-state index contributed by atoms with van der Waals surface area (Å²) in [5.74, 6) is -0.166. The second-order valence-electron chi connectivity index (χ2n) is 5.75. The molecule has 1 atom stereocenters. The fraction of sp³-hybridized carbons (Fsp3) is 0.917. The zero-order chi connectivity index (χ0) is 12.8. The molecular formula is C12H26N2O2. The van der Waals surface area contributed by atoms with Gasteiger partial charge in [-0.15, -0.1) is 0 Å². The van der Waals surface area contributed by atoms with Crippen LogP contribution in [0.1, 0.15) is 40.5 Å². The quantitative estimate of drug-likeness (QED) is 0.590. The molecule has 0 saturated carbocycles. The van der Waals surface area contributed by atoms with Crippen LogP contribution in [-0.4, -0.2) is 30.2 Å². The monoisotopic (exact) mass is 230 g/mol. The van der Waals surface area contributed by atoms with Crippen LogP contribution < -0.4 is 11.1 Å². The molecule has 0 aliphatic heterocycles. The Balaban J connectivity index is 3.75. The third-order valence-corrected chi connectivity index (χ3v) is 2.41. The number of hydrogen-bond donors (Lipinski definition) is 3. The van der Waals surface area contributed by atoms with Gasteiger partial charge in [-0.3, -0.25) is 4.79 Å². The molecule has 0 spiro atoms. The number of nitrogens with two attached hydrogens (primary N) is 1. The van der Waals surface area contributed by atoms with Crippen molar-refractivity contribution < 1.29 is 9.90 Å². The van der Waals surface area contributed by atoms with E-state index in [0.717, 1.165) is 13.0 Å². The maximum Gasteiger partial charge on any atom is 0.304 e. The lowest BCUT2D eigenvalue weighted by atomic mass is 9.84. The van der Waals surface area contributed by atoms with Gasteiger partial charge in [-0.05, 0) is 17.8 Å². The van der Waals surface area contributed by atoms with Crippen molar-refractivity contribution in [2.75, 3.05) is 13.1 Å². The van der Waals surface area contributed by atoms with Crippen LogP contribution in [-0.2, 0) is 4.79 Å². The minimum absolute atomic E-state index is 0.0254. The molecule has 4 N–H and O–H groups in total. The van der Waals surface area contributed by atoms with Crippen LogP contribution in [0.2, 0.25) is 0 Å². The molecule has 0 aromatic rings. The molecule has 0 radical (unpaired) electrons. The highest BCUT2D eigenvalue weighted by atomic mass is 16.4. The maximum atomic E-state index is 10.4. The Hall–Kier alpha value is -0.610. The summed E-state index contributed by atoms with van der Waals surface area (Å²) in [5, 5.41) is 11.8. The number of nitrogens with one attached hydrogen (secondary N) is 1. The molecule has 0 heterocycles. The maximum absolute atomic E-state index is 10.4. The predicted molar refractivity (Wildman–Crippen MR) is 66.3 cm³/mol. The topological polar surface area (TPSA) is 75.3 Å². The van der Waals surface area contributed by atoms with Crippen molar-refractivity contribution in [1.82, 2.24) is 5.32 Å². The number of aliphatic carboxylic acids is 1. The SMILES string of the molecule is CC(C)CC(C)(C)CNCC(N)CC(=O)O. The molecule has 0 aliphatic carbocycles. The molecule has 4 nitrogen and oxygen atoms in total. The molecule has 1 unspecified atom stereocenters. The molecule has 0 rings (SSSR count). The second-order valence-corrected chi connectivity index (χ2v) is 5.75. The summed E-state index contributed by atoms with van der Waals surface area (Å²) < 4.78 is 0. The molecule has 96 valence electrons. The molecule has 0 amide bonds. The minimum atomic E-state index is -0.837. The lowest BCUT2D eigenvalue weighted by Crippen LogP contribution is -2.40. The van der Waals surface area contributed by atoms with Gasteiger partial charge in [-0.25, -0.2) is 0 Å². The zero-order valence-corrected chi connectivity index (χ0v) is 10.9. The highest BCUT2D eigenvalue weighted by Gasteiger charge is 2.19. The number of rotatable bonds is 8. The zero-order valence-electron chi connectivity index (χ0n) is 10.9. The average molecular weight is 230 g/mol. The fourth-order valence-corrected chi connectivity index (χ4v) is 2.07. The van der Waals surface area contributed by atoms with Crippen molar-refractivity contribution in [3.63, 3.8) is 0 Å². The van der Waals surface area contributed by atoms with Crippen molar-refractivity contribution >= 4 is 5.97 Å². The third kappa shape index (κ3) is 8.68. The third-order valence-electron chi connectivity index (χ3n) is 2.41. The lowest BCUT2D eigenvalue weighted by Gasteiger charge is -2.27. The lowest BCUT2D eigenvalue weighted by molar-refractivity contribution is -0.137. The molecule has 0 saturated heterocycles. The van der Waals surface area contributed by atoms with Gasteiger partial charge in [-0.1, -0.05) is 27.7 Å². The summed E-state index contributed by atoms with van der Waals surface area (Å²) in [5.41, 5.74) is 5.90. The van der Waals surface area contributed by atoms with Gasteiger partial charge in [0.2, 0.25) is 0 Å². The van der Waals surface area contributed by atoms with Gasteiger partial charge in [0.15, 0.2) is 0 Å². The van der Waals surface area contributed by atoms with E-state index in [-0.39, 0.29) is 17.9 Å². The van der Waals surface area contributed by atoms with Crippen LogP contribution in [0, 0.1) is 11.3 Å². The first-order valence-electron chi connectivity index (χ1n) is 5.91. The molecule has 16 heavy (non-hydrogen) atoms. The van der Waals surface area contributed by atoms with Gasteiger partial charge in [0, 0.05) is 19.1 Å². The first-order valence-corrected chi connectivity index (χ1v) is 5.91. The Kier molecular flexibility index (Phi) is 6.60. The second kappa shape index (κ2) is 6.86. The van der Waals surface area contributed by atoms with Crippen LogP contribution in [0.3, 0.4) is 0 Å². The van der Waals surface area contributed by atoms with E-state index in [0.29, 0.717) is 12.5 Å². The minimum Gasteiger partial charge on any atom is -0.481 e. The molecular weight excluding hydrogens is 204 g/mol. The highest BCUT2D eigenvalue weighted by molar-refractivity contribution is 5.67. The standard InChI is InChI=1S/C12H26N2O2/c1-9(2)6-12(3,4)8-14-7-10(13)5-11(15)16/h9-10,14H,5-8,13H2,1-4H3,(H,15,16). The number of hydrogen-bond acceptors (Lipinski definition) is 3. The molecule has 0 bridgehead atoms. The molecule has 0 fully saturated rings. The van der Waals surface area contributed by atoms with Gasteiger partial charge in [0.05, 0.1) is 6.42 Å². The number of carboxylic acids is 1. The normalized spacial score (nSPS) is 14.1. The number of carbonyl (C=O) groups is 1. The van der Waals surface area contributed by atoms with Gasteiger partial charge >= 0.3 is 5.97 Å². The van der Waals surface area contributed by atoms with Gasteiger partial charge in [0.25, 0.3) is 0 Å². The van der Waals surface area contributed by atoms with Crippen molar-refractivity contribution in [3.8, 4) is 0 Å². The fourth-order valence-electron chi connectivity index (χ4n) is 2.07. The Bertz CT molecular complexity index is 215. The van der Waals surface area contributed by atoms with E-state index < -0.39 is 5.97 Å². The van der Waals surface area contributed by atoms with Crippen LogP contribution in [0.25, 0.3) is 0 Å². The number of carboxylic acid groups (broad SMARTS) is 1. The Morgan fingerprint density at radius 3 is 2.44 bits per heavy atom. The van der Waals surface area contributed by atoms with E-state index in [4.69, 9.17) is 10.8 Å². The van der Waals surface area contributed by atoms with E-state index >= 15 is 0 Å².